The summed E-state index contributed by atoms with van der Waals surface area (Å²) in [4.78, 5) is 14.5. The van der Waals surface area contributed by atoms with Gasteiger partial charge in [-0.15, -0.1) is 0 Å². The minimum Gasteiger partial charge on any atom is -0.489 e. The predicted molar refractivity (Wildman–Crippen MR) is 136 cm³/mol. The van der Waals surface area contributed by atoms with Crippen LogP contribution < -0.4 is 4.74 Å². The first kappa shape index (κ1) is 24.0. The molecule has 0 aliphatic carbocycles. The third-order valence-corrected chi connectivity index (χ3v) is 5.56. The van der Waals surface area contributed by atoms with Crippen molar-refractivity contribution in [2.75, 3.05) is 6.54 Å². The monoisotopic (exact) mass is 467 g/mol. The molecule has 5 heteroatoms. The molecule has 0 saturated carbocycles. The fraction of sp³-hybridized carbons (Fsp3) is 0.167. The number of aliphatic hydroxyl groups is 1. The third-order valence-electron chi connectivity index (χ3n) is 5.56. The van der Waals surface area contributed by atoms with Gasteiger partial charge in [0, 0.05) is 6.54 Å². The summed E-state index contributed by atoms with van der Waals surface area (Å²) in [6.07, 6.45) is -1.38. The Morgan fingerprint density at radius 1 is 0.714 bits per heavy atom. The Morgan fingerprint density at radius 2 is 1.29 bits per heavy atom. The number of hydrogen-bond acceptors (Lipinski definition) is 4. The zero-order valence-electron chi connectivity index (χ0n) is 19.5. The number of benzene rings is 4. The quantitative estimate of drug-likeness (QED) is 0.304. The summed E-state index contributed by atoms with van der Waals surface area (Å²) in [6.45, 7) is 1.02. The molecular formula is C30H29NO4. The van der Waals surface area contributed by atoms with Crippen LogP contribution in [0.25, 0.3) is 0 Å². The Morgan fingerprint density at radius 3 is 1.91 bits per heavy atom. The molecule has 1 unspecified atom stereocenters. The first-order valence-electron chi connectivity index (χ1n) is 11.6. The second-order valence-electron chi connectivity index (χ2n) is 8.27. The van der Waals surface area contributed by atoms with E-state index in [1.807, 2.05) is 115 Å². The van der Waals surface area contributed by atoms with Gasteiger partial charge in [-0.05, 0) is 34.4 Å². The van der Waals surface area contributed by atoms with Gasteiger partial charge in [-0.25, -0.2) is 4.79 Å². The molecule has 0 spiro atoms. The number of carbonyl (C=O) groups excluding carboxylic acids is 1. The van der Waals surface area contributed by atoms with Crippen LogP contribution in [0, 0.1) is 0 Å². The van der Waals surface area contributed by atoms with E-state index in [1.165, 1.54) is 4.90 Å². The van der Waals surface area contributed by atoms with Crippen molar-refractivity contribution in [3.63, 3.8) is 0 Å². The Balaban J connectivity index is 1.42. The van der Waals surface area contributed by atoms with E-state index in [9.17, 15) is 9.90 Å². The average Bonchev–Trinajstić information content (AvgIpc) is 2.92. The first-order chi connectivity index (χ1) is 17.2. The smallest absolute Gasteiger partial charge is 0.410 e. The lowest BCUT2D eigenvalue weighted by Gasteiger charge is -2.25. The Labute approximate surface area is 206 Å². The molecule has 0 fully saturated rings. The molecule has 0 heterocycles. The molecule has 35 heavy (non-hydrogen) atoms. The Bertz CT molecular complexity index is 1180. The number of ether oxygens (including phenoxy) is 2. The molecule has 4 aromatic carbocycles. The molecule has 0 aliphatic rings. The SMILES string of the molecule is O=C(OCc1ccccc1)N(Cc1ccccc1)CC(O)c1cccc(OCc2ccccc2)c1. The number of nitrogens with zero attached hydrogens (tertiary/aromatic N) is 1. The van der Waals surface area contributed by atoms with E-state index in [-0.39, 0.29) is 13.2 Å². The minimum atomic E-state index is -0.900. The summed E-state index contributed by atoms with van der Waals surface area (Å²) >= 11 is 0. The summed E-state index contributed by atoms with van der Waals surface area (Å²) < 4.78 is 11.5. The van der Waals surface area contributed by atoms with Crippen molar-refractivity contribution in [3.05, 3.63) is 138 Å². The summed E-state index contributed by atoms with van der Waals surface area (Å²) in [5, 5.41) is 11.0. The van der Waals surface area contributed by atoms with Gasteiger partial charge in [0.2, 0.25) is 0 Å². The number of hydrogen-bond donors (Lipinski definition) is 1. The van der Waals surface area contributed by atoms with Crippen LogP contribution in [0.2, 0.25) is 0 Å². The normalized spacial score (nSPS) is 11.5. The largest absolute Gasteiger partial charge is 0.489 e. The van der Waals surface area contributed by atoms with Crippen LogP contribution in [-0.4, -0.2) is 22.6 Å². The summed E-state index contributed by atoms with van der Waals surface area (Å²) in [6, 6.07) is 36.5. The van der Waals surface area contributed by atoms with Crippen molar-refractivity contribution in [2.45, 2.75) is 25.9 Å². The molecule has 4 aromatic rings. The van der Waals surface area contributed by atoms with Crippen molar-refractivity contribution >= 4 is 6.09 Å². The number of rotatable bonds is 10. The van der Waals surface area contributed by atoms with E-state index >= 15 is 0 Å². The molecule has 4 rings (SSSR count). The van der Waals surface area contributed by atoms with Crippen molar-refractivity contribution < 1.29 is 19.4 Å². The zero-order chi connectivity index (χ0) is 24.3. The number of aliphatic hydroxyl groups excluding tert-OH is 1. The summed E-state index contributed by atoms with van der Waals surface area (Å²) in [5.74, 6) is 0.659. The second-order valence-corrected chi connectivity index (χ2v) is 8.27. The summed E-state index contributed by atoms with van der Waals surface area (Å²) in [5.41, 5.74) is 3.60. The van der Waals surface area contributed by atoms with Crippen LogP contribution in [0.3, 0.4) is 0 Å². The molecule has 178 valence electrons. The maximum Gasteiger partial charge on any atom is 0.410 e. The maximum absolute atomic E-state index is 13.0. The first-order valence-corrected chi connectivity index (χ1v) is 11.6. The van der Waals surface area contributed by atoms with Gasteiger partial charge in [0.15, 0.2) is 0 Å². The molecular weight excluding hydrogens is 438 g/mol. The van der Waals surface area contributed by atoms with E-state index in [0.717, 1.165) is 16.7 Å². The minimum absolute atomic E-state index is 0.0880. The standard InChI is InChI=1S/C30H29NO4/c32-29(27-17-10-18-28(19-27)34-22-25-13-6-2-7-14-25)21-31(20-24-11-4-1-5-12-24)30(33)35-23-26-15-8-3-9-16-26/h1-19,29,32H,20-23H2. The van der Waals surface area contributed by atoms with Gasteiger partial charge in [-0.1, -0.05) is 103 Å². The van der Waals surface area contributed by atoms with E-state index in [2.05, 4.69) is 0 Å². The van der Waals surface area contributed by atoms with Gasteiger partial charge in [-0.3, -0.25) is 0 Å². The highest BCUT2D eigenvalue weighted by Crippen LogP contribution is 2.22. The van der Waals surface area contributed by atoms with E-state index in [4.69, 9.17) is 9.47 Å². The molecule has 1 N–H and O–H groups in total. The molecule has 0 radical (unpaired) electrons. The van der Waals surface area contributed by atoms with Gasteiger partial charge in [0.25, 0.3) is 0 Å². The molecule has 0 aliphatic heterocycles. The van der Waals surface area contributed by atoms with Crippen LogP contribution in [0.5, 0.6) is 5.75 Å². The fourth-order valence-electron chi connectivity index (χ4n) is 3.68. The highest BCUT2D eigenvalue weighted by molar-refractivity contribution is 5.67. The number of carbonyl (C=O) groups is 1. The van der Waals surface area contributed by atoms with Crippen LogP contribution in [0.1, 0.15) is 28.4 Å². The van der Waals surface area contributed by atoms with E-state index in [0.29, 0.717) is 24.5 Å². The second kappa shape index (κ2) is 12.4. The van der Waals surface area contributed by atoms with Crippen LogP contribution in [-0.2, 0) is 24.5 Å². The van der Waals surface area contributed by atoms with Gasteiger partial charge in [-0.2, -0.15) is 0 Å². The molecule has 1 atom stereocenters. The lowest BCUT2D eigenvalue weighted by Crippen LogP contribution is -2.34. The Hall–Kier alpha value is -4.09. The molecule has 0 bridgehead atoms. The van der Waals surface area contributed by atoms with Crippen molar-refractivity contribution in [1.82, 2.24) is 4.90 Å². The lowest BCUT2D eigenvalue weighted by atomic mass is 10.1. The Kier molecular flexibility index (Phi) is 8.52. The van der Waals surface area contributed by atoms with Crippen LogP contribution in [0.4, 0.5) is 4.79 Å². The molecule has 0 saturated heterocycles. The summed E-state index contributed by atoms with van der Waals surface area (Å²) in [7, 11) is 0. The predicted octanol–water partition coefficient (Wildman–Crippen LogP) is 6.14. The topological polar surface area (TPSA) is 59.0 Å². The van der Waals surface area contributed by atoms with Gasteiger partial charge < -0.3 is 19.5 Å². The van der Waals surface area contributed by atoms with Gasteiger partial charge in [0.05, 0.1) is 12.6 Å². The zero-order valence-corrected chi connectivity index (χ0v) is 19.5. The average molecular weight is 468 g/mol. The third kappa shape index (κ3) is 7.45. The fourth-order valence-corrected chi connectivity index (χ4v) is 3.68. The molecule has 1 amide bonds. The molecule has 5 nitrogen and oxygen atoms in total. The van der Waals surface area contributed by atoms with Crippen LogP contribution >= 0.6 is 0 Å². The highest BCUT2D eigenvalue weighted by atomic mass is 16.6. The molecule has 0 aromatic heterocycles. The van der Waals surface area contributed by atoms with Crippen molar-refractivity contribution in [2.24, 2.45) is 0 Å². The highest BCUT2D eigenvalue weighted by Gasteiger charge is 2.21. The number of amides is 1. The van der Waals surface area contributed by atoms with Gasteiger partial charge >= 0.3 is 6.09 Å². The lowest BCUT2D eigenvalue weighted by molar-refractivity contribution is 0.0656. The van der Waals surface area contributed by atoms with Crippen molar-refractivity contribution in [3.8, 4) is 5.75 Å². The van der Waals surface area contributed by atoms with Gasteiger partial charge in [0.1, 0.15) is 19.0 Å². The van der Waals surface area contributed by atoms with Crippen molar-refractivity contribution in [1.29, 1.82) is 0 Å². The van der Waals surface area contributed by atoms with E-state index < -0.39 is 12.2 Å². The maximum atomic E-state index is 13.0. The van der Waals surface area contributed by atoms with E-state index in [1.54, 1.807) is 0 Å². The van der Waals surface area contributed by atoms with Crippen LogP contribution in [0.15, 0.2) is 115 Å².